The van der Waals surface area contributed by atoms with E-state index in [1.807, 2.05) is 0 Å². The lowest BCUT2D eigenvalue weighted by atomic mass is 10.0. The van der Waals surface area contributed by atoms with Gasteiger partial charge in [-0.3, -0.25) is 9.78 Å². The molecule has 0 saturated carbocycles. The number of halogens is 2. The quantitative estimate of drug-likeness (QED) is 0.722. The van der Waals surface area contributed by atoms with Gasteiger partial charge in [0.05, 0.1) is 27.3 Å². The van der Waals surface area contributed by atoms with Gasteiger partial charge >= 0.3 is 0 Å². The van der Waals surface area contributed by atoms with Crippen LogP contribution >= 0.6 is 23.2 Å². The molecular formula is C14H8Cl2N2O. The molecule has 0 unspecified atom stereocenters. The van der Waals surface area contributed by atoms with Crippen molar-refractivity contribution in [3.05, 3.63) is 64.0 Å². The van der Waals surface area contributed by atoms with Crippen LogP contribution in [-0.2, 0) is 0 Å². The molecule has 3 rings (SSSR count). The van der Waals surface area contributed by atoms with Crippen molar-refractivity contribution in [1.29, 1.82) is 0 Å². The van der Waals surface area contributed by atoms with Gasteiger partial charge in [-0.25, -0.2) is 0 Å². The Morgan fingerprint density at radius 3 is 2.63 bits per heavy atom. The van der Waals surface area contributed by atoms with Gasteiger partial charge in [-0.2, -0.15) is 0 Å². The van der Waals surface area contributed by atoms with Crippen LogP contribution in [0.2, 0.25) is 10.0 Å². The number of hydrogen-bond acceptors (Lipinski definition) is 2. The monoisotopic (exact) mass is 290 g/mol. The maximum atomic E-state index is 12.6. The number of aromatic amines is 1. The van der Waals surface area contributed by atoms with Crippen molar-refractivity contribution < 1.29 is 4.79 Å². The molecule has 94 valence electrons. The van der Waals surface area contributed by atoms with Gasteiger partial charge in [-0.15, -0.1) is 0 Å². The van der Waals surface area contributed by atoms with Crippen LogP contribution in [0.1, 0.15) is 15.9 Å². The minimum absolute atomic E-state index is 0.201. The van der Waals surface area contributed by atoms with Crippen LogP contribution in [0.5, 0.6) is 0 Å². The van der Waals surface area contributed by atoms with Crippen LogP contribution in [0, 0.1) is 0 Å². The normalized spacial score (nSPS) is 10.8. The first-order valence-electron chi connectivity index (χ1n) is 5.58. The lowest BCUT2D eigenvalue weighted by Gasteiger charge is -2.04. The average molecular weight is 291 g/mol. The molecular weight excluding hydrogens is 283 g/mol. The Morgan fingerprint density at radius 1 is 1.16 bits per heavy atom. The van der Waals surface area contributed by atoms with Gasteiger partial charge in [0.2, 0.25) is 0 Å². The van der Waals surface area contributed by atoms with Gasteiger partial charge < -0.3 is 4.98 Å². The molecule has 5 heteroatoms. The number of ketones is 1. The molecule has 0 saturated heterocycles. The summed E-state index contributed by atoms with van der Waals surface area (Å²) in [5.74, 6) is -0.201. The predicted octanol–water partition coefficient (Wildman–Crippen LogP) is 4.10. The van der Waals surface area contributed by atoms with Gasteiger partial charge in [0.15, 0.2) is 5.78 Å². The second-order valence-corrected chi connectivity index (χ2v) is 4.86. The number of fused-ring (bicyclic) bond motifs is 1. The Labute approximate surface area is 119 Å². The van der Waals surface area contributed by atoms with Crippen LogP contribution in [0.3, 0.4) is 0 Å². The van der Waals surface area contributed by atoms with Crippen molar-refractivity contribution in [3.8, 4) is 0 Å². The Kier molecular flexibility index (Phi) is 3.01. The number of aromatic nitrogens is 2. The largest absolute Gasteiger partial charge is 0.359 e. The van der Waals surface area contributed by atoms with E-state index in [-0.39, 0.29) is 5.78 Å². The molecule has 0 aliphatic carbocycles. The molecule has 3 aromatic rings. The summed E-state index contributed by atoms with van der Waals surface area (Å²) in [7, 11) is 0. The smallest absolute Gasteiger partial charge is 0.198 e. The fraction of sp³-hybridized carbons (Fsp3) is 0. The third-order valence-electron chi connectivity index (χ3n) is 2.92. The zero-order valence-electron chi connectivity index (χ0n) is 9.65. The van der Waals surface area contributed by atoms with E-state index >= 15 is 0 Å². The average Bonchev–Trinajstić information content (AvgIpc) is 2.82. The van der Waals surface area contributed by atoms with Gasteiger partial charge in [-0.1, -0.05) is 29.3 Å². The summed E-state index contributed by atoms with van der Waals surface area (Å²) in [6.45, 7) is 0. The van der Waals surface area contributed by atoms with Crippen LogP contribution in [0.25, 0.3) is 10.9 Å². The maximum Gasteiger partial charge on any atom is 0.198 e. The highest BCUT2D eigenvalue weighted by molar-refractivity contribution is 6.41. The van der Waals surface area contributed by atoms with E-state index in [4.69, 9.17) is 23.2 Å². The fourth-order valence-electron chi connectivity index (χ4n) is 2.01. The number of benzene rings is 1. The number of carbonyl (C=O) groups excluding carboxylic acids is 1. The molecule has 0 radical (unpaired) electrons. The summed E-state index contributed by atoms with van der Waals surface area (Å²) in [4.78, 5) is 19.6. The maximum absolute atomic E-state index is 12.6. The highest BCUT2D eigenvalue weighted by Gasteiger charge is 2.19. The molecule has 1 aromatic carbocycles. The van der Waals surface area contributed by atoms with E-state index in [0.717, 1.165) is 10.9 Å². The minimum atomic E-state index is -0.201. The first-order chi connectivity index (χ1) is 9.18. The van der Waals surface area contributed by atoms with Crippen molar-refractivity contribution in [2.45, 2.75) is 0 Å². The van der Waals surface area contributed by atoms with Gasteiger partial charge in [0.25, 0.3) is 0 Å². The van der Waals surface area contributed by atoms with E-state index in [1.54, 1.807) is 42.9 Å². The Balaban J connectivity index is 2.20. The Bertz CT molecular complexity index is 760. The Hall–Kier alpha value is -1.84. The van der Waals surface area contributed by atoms with E-state index in [0.29, 0.717) is 21.2 Å². The molecule has 0 atom stereocenters. The second-order valence-electron chi connectivity index (χ2n) is 4.05. The second kappa shape index (κ2) is 4.68. The summed E-state index contributed by atoms with van der Waals surface area (Å²) in [5.41, 5.74) is 1.66. The van der Waals surface area contributed by atoms with Crippen molar-refractivity contribution in [3.63, 3.8) is 0 Å². The highest BCUT2D eigenvalue weighted by atomic mass is 35.5. The minimum Gasteiger partial charge on any atom is -0.359 e. The fourth-order valence-corrected chi connectivity index (χ4v) is 2.58. The number of H-pyrrole nitrogens is 1. The van der Waals surface area contributed by atoms with E-state index in [2.05, 4.69) is 9.97 Å². The molecule has 3 nitrogen and oxygen atoms in total. The van der Waals surface area contributed by atoms with Crippen LogP contribution < -0.4 is 0 Å². The van der Waals surface area contributed by atoms with Crippen LogP contribution in [0.4, 0.5) is 0 Å². The standard InChI is InChI=1S/C14H8Cl2N2O/c15-10-2-1-3-11(16)13(10)14(19)9-6-18-12-7-17-5-4-8(9)12/h1-7,18H. The summed E-state index contributed by atoms with van der Waals surface area (Å²) >= 11 is 12.1. The summed E-state index contributed by atoms with van der Waals surface area (Å²) in [6.07, 6.45) is 4.95. The Morgan fingerprint density at radius 2 is 1.89 bits per heavy atom. The summed E-state index contributed by atoms with van der Waals surface area (Å²) in [5, 5.41) is 1.50. The highest BCUT2D eigenvalue weighted by Crippen LogP contribution is 2.29. The molecule has 0 aliphatic heterocycles. The predicted molar refractivity (Wildman–Crippen MR) is 76.0 cm³/mol. The first-order valence-corrected chi connectivity index (χ1v) is 6.34. The molecule has 0 aliphatic rings. The molecule has 0 fully saturated rings. The van der Waals surface area contributed by atoms with Gasteiger partial charge in [0, 0.05) is 23.3 Å². The zero-order chi connectivity index (χ0) is 13.4. The number of hydrogen-bond donors (Lipinski definition) is 1. The molecule has 0 bridgehead atoms. The lowest BCUT2D eigenvalue weighted by Crippen LogP contribution is -2.02. The number of carbonyl (C=O) groups is 1. The summed E-state index contributed by atoms with van der Waals surface area (Å²) in [6, 6.07) is 6.79. The molecule has 0 spiro atoms. The molecule has 19 heavy (non-hydrogen) atoms. The number of nitrogens with zero attached hydrogens (tertiary/aromatic N) is 1. The summed E-state index contributed by atoms with van der Waals surface area (Å²) < 4.78 is 0. The third-order valence-corrected chi connectivity index (χ3v) is 3.55. The van der Waals surface area contributed by atoms with Gasteiger partial charge in [0.1, 0.15) is 0 Å². The first kappa shape index (κ1) is 12.2. The topological polar surface area (TPSA) is 45.8 Å². The van der Waals surface area contributed by atoms with E-state index in [9.17, 15) is 4.79 Å². The number of rotatable bonds is 2. The number of nitrogens with one attached hydrogen (secondary N) is 1. The zero-order valence-corrected chi connectivity index (χ0v) is 11.2. The van der Waals surface area contributed by atoms with Crippen molar-refractivity contribution in [2.24, 2.45) is 0 Å². The van der Waals surface area contributed by atoms with Gasteiger partial charge in [-0.05, 0) is 18.2 Å². The SMILES string of the molecule is O=C(c1c(Cl)cccc1Cl)c1c[nH]c2cnccc12. The molecule has 2 heterocycles. The molecule has 1 N–H and O–H groups in total. The lowest BCUT2D eigenvalue weighted by molar-refractivity contribution is 0.104. The molecule has 0 amide bonds. The van der Waals surface area contributed by atoms with E-state index in [1.165, 1.54) is 0 Å². The van der Waals surface area contributed by atoms with Crippen LogP contribution in [-0.4, -0.2) is 15.8 Å². The third kappa shape index (κ3) is 2.01. The van der Waals surface area contributed by atoms with E-state index < -0.39 is 0 Å². The van der Waals surface area contributed by atoms with Crippen LogP contribution in [0.15, 0.2) is 42.9 Å². The number of pyridine rings is 1. The van der Waals surface area contributed by atoms with Crippen molar-refractivity contribution in [2.75, 3.05) is 0 Å². The molecule has 2 aromatic heterocycles. The van der Waals surface area contributed by atoms with Crippen molar-refractivity contribution in [1.82, 2.24) is 9.97 Å². The van der Waals surface area contributed by atoms with Crippen molar-refractivity contribution >= 4 is 39.9 Å².